The molecule has 2 heterocycles. The van der Waals surface area contributed by atoms with E-state index in [1.54, 1.807) is 49.4 Å². The van der Waals surface area contributed by atoms with Crippen LogP contribution in [-0.4, -0.2) is 51.1 Å². The van der Waals surface area contributed by atoms with E-state index < -0.39 is 10.0 Å². The largest absolute Gasteiger partial charge is 0.493 e. The third-order valence-electron chi connectivity index (χ3n) is 5.36. The van der Waals surface area contributed by atoms with Crippen molar-refractivity contribution in [1.82, 2.24) is 9.78 Å². The Hall–Kier alpha value is -3.53. The number of fused-ring (bicyclic) bond motifs is 1. The molecule has 4 rings (SSSR count). The Morgan fingerprint density at radius 1 is 1.16 bits per heavy atom. The number of hydrogen-bond acceptors (Lipinski definition) is 6. The maximum Gasteiger partial charge on any atom is 0.256 e. The molecule has 1 N–H and O–H groups in total. The summed E-state index contributed by atoms with van der Waals surface area (Å²) >= 11 is 0. The van der Waals surface area contributed by atoms with E-state index in [4.69, 9.17) is 9.47 Å². The predicted molar refractivity (Wildman–Crippen MR) is 121 cm³/mol. The van der Waals surface area contributed by atoms with Crippen molar-refractivity contribution in [2.75, 3.05) is 36.6 Å². The molecule has 0 atom stereocenters. The quantitative estimate of drug-likeness (QED) is 0.586. The maximum atomic E-state index is 12.9. The van der Waals surface area contributed by atoms with Crippen LogP contribution >= 0.6 is 0 Å². The smallest absolute Gasteiger partial charge is 0.256 e. The van der Waals surface area contributed by atoms with Crippen molar-refractivity contribution in [2.24, 2.45) is 0 Å². The van der Waals surface area contributed by atoms with Crippen molar-refractivity contribution in [3.05, 3.63) is 65.4 Å². The van der Waals surface area contributed by atoms with Crippen molar-refractivity contribution >= 4 is 27.4 Å². The summed E-state index contributed by atoms with van der Waals surface area (Å²) in [4.78, 5) is 12.9. The van der Waals surface area contributed by atoms with Crippen LogP contribution in [0, 0.1) is 0 Å². The van der Waals surface area contributed by atoms with Gasteiger partial charge in [0.25, 0.3) is 5.91 Å². The number of aromatic nitrogens is 2. The minimum Gasteiger partial charge on any atom is -0.493 e. The fourth-order valence-electron chi connectivity index (χ4n) is 3.85. The first kappa shape index (κ1) is 21.7. The molecule has 2 aromatic carbocycles. The Labute approximate surface area is 186 Å². The van der Waals surface area contributed by atoms with E-state index in [2.05, 4.69) is 10.4 Å². The van der Waals surface area contributed by atoms with Gasteiger partial charge in [-0.1, -0.05) is 12.1 Å². The minimum absolute atomic E-state index is 0.301. The van der Waals surface area contributed by atoms with Gasteiger partial charge in [-0.2, -0.15) is 5.10 Å². The summed E-state index contributed by atoms with van der Waals surface area (Å²) in [5, 5.41) is 7.20. The van der Waals surface area contributed by atoms with Gasteiger partial charge in [-0.15, -0.1) is 0 Å². The van der Waals surface area contributed by atoms with Crippen LogP contribution in [-0.2, 0) is 23.0 Å². The monoisotopic (exact) mass is 456 g/mol. The van der Waals surface area contributed by atoms with Crippen molar-refractivity contribution < 1.29 is 22.7 Å². The van der Waals surface area contributed by atoms with E-state index >= 15 is 0 Å². The number of nitrogens with zero attached hydrogens (tertiary/aromatic N) is 3. The highest BCUT2D eigenvalue weighted by molar-refractivity contribution is 7.92. The third kappa shape index (κ3) is 4.13. The Bertz CT molecular complexity index is 1270. The van der Waals surface area contributed by atoms with Gasteiger partial charge >= 0.3 is 0 Å². The lowest BCUT2D eigenvalue weighted by molar-refractivity contribution is 0.102. The second kappa shape index (κ2) is 8.54. The van der Waals surface area contributed by atoms with Gasteiger partial charge in [-0.05, 0) is 36.2 Å². The van der Waals surface area contributed by atoms with Gasteiger partial charge in [-0.3, -0.25) is 9.10 Å². The Morgan fingerprint density at radius 2 is 1.97 bits per heavy atom. The van der Waals surface area contributed by atoms with Crippen LogP contribution in [0.25, 0.3) is 0 Å². The molecular weight excluding hydrogens is 432 g/mol. The topological polar surface area (TPSA) is 103 Å². The molecule has 0 spiro atoms. The van der Waals surface area contributed by atoms with Crippen LogP contribution in [0.5, 0.6) is 11.5 Å². The number of benzene rings is 2. The van der Waals surface area contributed by atoms with E-state index in [0.29, 0.717) is 48.1 Å². The van der Waals surface area contributed by atoms with Crippen LogP contribution in [0.2, 0.25) is 0 Å². The predicted octanol–water partition coefficient (Wildman–Crippen LogP) is 2.52. The molecular formula is C22H24N4O5S. The number of carbonyl (C=O) groups is 1. The molecule has 0 unspecified atom stereocenters. The highest BCUT2D eigenvalue weighted by atomic mass is 32.2. The van der Waals surface area contributed by atoms with Crippen molar-refractivity contribution in [2.45, 2.75) is 13.0 Å². The highest BCUT2D eigenvalue weighted by Gasteiger charge is 2.27. The number of methoxy groups -OCH3 is 2. The SMILES string of the molecule is COc1cccc(Cn2nccc2NC(=O)c2ccc3c(c2)CCN3S(C)(=O)=O)c1OC. The number of amides is 1. The Kier molecular flexibility index (Phi) is 5.79. The van der Waals surface area contributed by atoms with E-state index in [1.807, 2.05) is 18.2 Å². The van der Waals surface area contributed by atoms with Crippen LogP contribution in [0.15, 0.2) is 48.7 Å². The van der Waals surface area contributed by atoms with Gasteiger partial charge in [0.2, 0.25) is 10.0 Å². The standard InChI is InChI=1S/C22H24N4O5S/c1-30-19-6-4-5-17(21(19)31-2)14-25-20(9-11-23-25)24-22(27)16-7-8-18-15(13-16)10-12-26(18)32(3,28)29/h4-9,11,13H,10,12,14H2,1-3H3,(H,24,27). The molecule has 1 aliphatic heterocycles. The Morgan fingerprint density at radius 3 is 2.69 bits per heavy atom. The fourth-order valence-corrected chi connectivity index (χ4v) is 4.81. The molecule has 0 bridgehead atoms. The number of carbonyl (C=O) groups excluding carboxylic acids is 1. The zero-order valence-corrected chi connectivity index (χ0v) is 18.8. The highest BCUT2D eigenvalue weighted by Crippen LogP contribution is 2.32. The number of nitrogens with one attached hydrogen (secondary N) is 1. The minimum atomic E-state index is -3.33. The second-order valence-electron chi connectivity index (χ2n) is 7.41. The average molecular weight is 457 g/mol. The van der Waals surface area contributed by atoms with Gasteiger partial charge in [-0.25, -0.2) is 13.1 Å². The lowest BCUT2D eigenvalue weighted by Crippen LogP contribution is -2.27. The molecule has 1 amide bonds. The number of rotatable bonds is 7. The van der Waals surface area contributed by atoms with Gasteiger partial charge in [0.1, 0.15) is 5.82 Å². The summed E-state index contributed by atoms with van der Waals surface area (Å²) in [7, 11) is -0.183. The summed E-state index contributed by atoms with van der Waals surface area (Å²) in [6.07, 6.45) is 3.35. The van der Waals surface area contributed by atoms with Crippen molar-refractivity contribution in [3.63, 3.8) is 0 Å². The molecule has 1 aliphatic rings. The number of para-hydroxylation sites is 1. The van der Waals surface area contributed by atoms with Crippen LogP contribution < -0.4 is 19.1 Å². The van der Waals surface area contributed by atoms with Crippen molar-refractivity contribution in [3.8, 4) is 11.5 Å². The molecule has 0 aliphatic carbocycles. The summed E-state index contributed by atoms with van der Waals surface area (Å²) in [5.74, 6) is 1.45. The van der Waals surface area contributed by atoms with Gasteiger partial charge in [0.15, 0.2) is 11.5 Å². The molecule has 0 fully saturated rings. The normalized spacial score (nSPS) is 13.0. The van der Waals surface area contributed by atoms with Gasteiger partial charge < -0.3 is 14.8 Å². The van der Waals surface area contributed by atoms with Crippen LogP contribution in [0.4, 0.5) is 11.5 Å². The first-order valence-corrected chi connectivity index (χ1v) is 11.8. The van der Waals surface area contributed by atoms with Crippen LogP contribution in [0.1, 0.15) is 21.5 Å². The molecule has 1 aromatic heterocycles. The summed E-state index contributed by atoms with van der Waals surface area (Å²) in [5.41, 5.74) is 2.76. The summed E-state index contributed by atoms with van der Waals surface area (Å²) in [6.45, 7) is 0.755. The lowest BCUT2D eigenvalue weighted by atomic mass is 10.1. The third-order valence-corrected chi connectivity index (χ3v) is 6.54. The van der Waals surface area contributed by atoms with E-state index in [9.17, 15) is 13.2 Å². The molecule has 168 valence electrons. The first-order chi connectivity index (χ1) is 15.3. The molecule has 10 heteroatoms. The van der Waals surface area contributed by atoms with Gasteiger partial charge in [0.05, 0.1) is 38.9 Å². The van der Waals surface area contributed by atoms with Crippen molar-refractivity contribution in [1.29, 1.82) is 0 Å². The van der Waals surface area contributed by atoms with E-state index in [1.165, 1.54) is 10.6 Å². The van der Waals surface area contributed by atoms with Gasteiger partial charge in [0, 0.05) is 23.7 Å². The zero-order valence-electron chi connectivity index (χ0n) is 18.0. The maximum absolute atomic E-state index is 12.9. The van der Waals surface area contributed by atoms with Crippen LogP contribution in [0.3, 0.4) is 0 Å². The number of ether oxygens (including phenoxy) is 2. The zero-order chi connectivity index (χ0) is 22.9. The molecule has 32 heavy (non-hydrogen) atoms. The summed E-state index contributed by atoms with van der Waals surface area (Å²) < 4.78 is 37.7. The molecule has 0 saturated heterocycles. The number of hydrogen-bond donors (Lipinski definition) is 1. The fraction of sp³-hybridized carbons (Fsp3) is 0.273. The lowest BCUT2D eigenvalue weighted by Gasteiger charge is -2.16. The van der Waals surface area contributed by atoms with E-state index in [-0.39, 0.29) is 5.91 Å². The molecule has 0 saturated carbocycles. The Balaban J connectivity index is 1.54. The molecule has 3 aromatic rings. The average Bonchev–Trinajstić information content (AvgIpc) is 3.39. The molecule has 9 nitrogen and oxygen atoms in total. The summed E-state index contributed by atoms with van der Waals surface area (Å²) in [6, 6.07) is 12.3. The number of anilines is 2. The first-order valence-electron chi connectivity index (χ1n) is 9.95. The number of sulfonamides is 1. The molecule has 0 radical (unpaired) electrons. The second-order valence-corrected chi connectivity index (χ2v) is 9.32. The van der Waals surface area contributed by atoms with E-state index in [0.717, 1.165) is 11.1 Å².